The van der Waals surface area contributed by atoms with Gasteiger partial charge < -0.3 is 5.11 Å². The van der Waals surface area contributed by atoms with Crippen molar-refractivity contribution in [3.8, 4) is 0 Å². The predicted octanol–water partition coefficient (Wildman–Crippen LogP) is 6.66. The highest BCUT2D eigenvalue weighted by molar-refractivity contribution is 8.00. The quantitative estimate of drug-likeness (QED) is 0.297. The van der Waals surface area contributed by atoms with E-state index in [1.807, 2.05) is 48.5 Å². The smallest absolute Gasteiger partial charge is 0.307 e. The summed E-state index contributed by atoms with van der Waals surface area (Å²) >= 11 is 1.70. The van der Waals surface area contributed by atoms with Gasteiger partial charge in [0.25, 0.3) is 0 Å². The van der Waals surface area contributed by atoms with E-state index in [0.29, 0.717) is 12.2 Å². The molecule has 4 aromatic rings. The molecule has 32 heavy (non-hydrogen) atoms. The molecule has 0 aliphatic heterocycles. The van der Waals surface area contributed by atoms with Crippen LogP contribution in [-0.2, 0) is 16.0 Å². The van der Waals surface area contributed by atoms with Crippen molar-refractivity contribution in [2.24, 2.45) is 5.92 Å². The molecule has 0 bridgehead atoms. The van der Waals surface area contributed by atoms with E-state index in [2.05, 4.69) is 72.8 Å². The summed E-state index contributed by atoms with van der Waals surface area (Å²) in [5.74, 6) is -0.759. The average Bonchev–Trinajstić information content (AvgIpc) is 2.86. The van der Waals surface area contributed by atoms with Gasteiger partial charge in [-0.15, -0.1) is 11.8 Å². The first-order valence-electron chi connectivity index (χ1n) is 10.8. The van der Waals surface area contributed by atoms with Gasteiger partial charge in [0, 0.05) is 5.75 Å². The number of rotatable bonds is 9. The van der Waals surface area contributed by atoms with E-state index >= 15 is 0 Å². The molecule has 0 aliphatic rings. The van der Waals surface area contributed by atoms with E-state index in [-0.39, 0.29) is 0 Å². The number of benzene rings is 4. The molecule has 0 saturated heterocycles. The third-order valence-corrected chi connectivity index (χ3v) is 7.43. The first-order valence-corrected chi connectivity index (χ1v) is 11.8. The van der Waals surface area contributed by atoms with E-state index in [4.69, 9.17) is 0 Å². The van der Waals surface area contributed by atoms with Crippen molar-refractivity contribution >= 4 is 17.7 Å². The lowest BCUT2D eigenvalue weighted by atomic mass is 9.84. The molecule has 2 nitrogen and oxygen atoms in total. The number of thioether (sulfide) groups is 1. The summed E-state index contributed by atoms with van der Waals surface area (Å²) in [5, 5.41) is 10.0. The van der Waals surface area contributed by atoms with Crippen LogP contribution in [0.25, 0.3) is 0 Å². The van der Waals surface area contributed by atoms with Gasteiger partial charge in [0.1, 0.15) is 0 Å². The monoisotopic (exact) mass is 438 g/mol. The van der Waals surface area contributed by atoms with Crippen molar-refractivity contribution in [3.05, 3.63) is 144 Å². The Kier molecular flexibility index (Phi) is 7.08. The maximum Gasteiger partial charge on any atom is 0.307 e. The number of carbonyl (C=O) groups is 1. The summed E-state index contributed by atoms with van der Waals surface area (Å²) in [5.41, 5.74) is 4.48. The second-order valence-electron chi connectivity index (χ2n) is 7.82. The highest BCUT2D eigenvalue weighted by atomic mass is 32.2. The van der Waals surface area contributed by atoms with Gasteiger partial charge in [-0.25, -0.2) is 0 Å². The van der Waals surface area contributed by atoms with Gasteiger partial charge in [0.05, 0.1) is 10.7 Å². The van der Waals surface area contributed by atoms with E-state index in [1.54, 1.807) is 11.8 Å². The molecule has 0 amide bonds. The highest BCUT2D eigenvalue weighted by Crippen LogP contribution is 2.49. The summed E-state index contributed by atoms with van der Waals surface area (Å²) in [4.78, 5) is 12.2. The molecule has 0 spiro atoms. The number of carboxylic acid groups (broad SMARTS) is 1. The summed E-state index contributed by atoms with van der Waals surface area (Å²) in [6.45, 7) is 0. The normalized spacial score (nSPS) is 12.2. The SMILES string of the molecule is O=C(O)C(CSC(c1ccccc1)(c1ccccc1)c1ccccc1)Cc1ccccc1. The van der Waals surface area contributed by atoms with Crippen molar-refractivity contribution in [3.63, 3.8) is 0 Å². The number of hydrogen-bond acceptors (Lipinski definition) is 2. The standard InChI is InChI=1S/C29H26O2S/c30-28(31)24(21-23-13-5-1-6-14-23)22-32-29(25-15-7-2-8-16-25,26-17-9-3-10-18-26)27-19-11-4-12-20-27/h1-20,24H,21-22H2,(H,30,31). The molecule has 0 radical (unpaired) electrons. The van der Waals surface area contributed by atoms with Crippen molar-refractivity contribution in [1.82, 2.24) is 0 Å². The van der Waals surface area contributed by atoms with Crippen molar-refractivity contribution in [2.45, 2.75) is 11.2 Å². The molecule has 160 valence electrons. The Morgan fingerprint density at radius 1 is 0.656 bits per heavy atom. The minimum Gasteiger partial charge on any atom is -0.481 e. The van der Waals surface area contributed by atoms with Crippen LogP contribution >= 0.6 is 11.8 Å². The second kappa shape index (κ2) is 10.3. The van der Waals surface area contributed by atoms with Crippen LogP contribution in [0, 0.1) is 5.92 Å². The molecule has 0 aromatic heterocycles. The second-order valence-corrected chi connectivity index (χ2v) is 9.05. The van der Waals surface area contributed by atoms with Gasteiger partial charge >= 0.3 is 5.97 Å². The van der Waals surface area contributed by atoms with E-state index in [0.717, 1.165) is 22.3 Å². The van der Waals surface area contributed by atoms with Crippen molar-refractivity contribution in [2.75, 3.05) is 5.75 Å². The van der Waals surface area contributed by atoms with Crippen LogP contribution in [0.3, 0.4) is 0 Å². The number of carboxylic acids is 1. The molecule has 0 heterocycles. The predicted molar refractivity (Wildman–Crippen MR) is 133 cm³/mol. The molecular formula is C29H26O2S. The molecule has 4 rings (SSSR count). The largest absolute Gasteiger partial charge is 0.481 e. The van der Waals surface area contributed by atoms with Crippen LogP contribution in [0.15, 0.2) is 121 Å². The Balaban J connectivity index is 1.78. The Hall–Kier alpha value is -3.30. The third kappa shape index (κ3) is 4.79. The lowest BCUT2D eigenvalue weighted by molar-refractivity contribution is -0.140. The van der Waals surface area contributed by atoms with Crippen LogP contribution in [0.1, 0.15) is 22.3 Å². The van der Waals surface area contributed by atoms with Crippen LogP contribution in [0.2, 0.25) is 0 Å². The zero-order valence-corrected chi connectivity index (χ0v) is 18.6. The number of hydrogen-bond donors (Lipinski definition) is 1. The van der Waals surface area contributed by atoms with Crippen molar-refractivity contribution in [1.29, 1.82) is 0 Å². The molecule has 3 heteroatoms. The average molecular weight is 439 g/mol. The Labute approximate surface area is 194 Å². The fourth-order valence-corrected chi connectivity index (χ4v) is 5.73. The molecule has 1 N–H and O–H groups in total. The Bertz CT molecular complexity index is 1020. The summed E-state index contributed by atoms with van der Waals surface area (Å²) in [6, 6.07) is 41.1. The maximum atomic E-state index is 12.2. The van der Waals surface area contributed by atoms with Crippen LogP contribution in [-0.4, -0.2) is 16.8 Å². The minimum absolute atomic E-state index is 0.488. The van der Waals surface area contributed by atoms with Gasteiger partial charge in [-0.05, 0) is 28.7 Å². The highest BCUT2D eigenvalue weighted by Gasteiger charge is 2.38. The Morgan fingerprint density at radius 2 is 1.03 bits per heavy atom. The molecule has 1 unspecified atom stereocenters. The number of aliphatic carboxylic acids is 1. The zero-order chi connectivity index (χ0) is 22.2. The van der Waals surface area contributed by atoms with E-state index < -0.39 is 16.6 Å². The first-order chi connectivity index (χ1) is 15.7. The lowest BCUT2D eigenvalue weighted by Gasteiger charge is -2.36. The van der Waals surface area contributed by atoms with E-state index in [1.165, 1.54) is 0 Å². The van der Waals surface area contributed by atoms with Crippen LogP contribution in [0.5, 0.6) is 0 Å². The van der Waals surface area contributed by atoms with Gasteiger partial charge in [-0.3, -0.25) is 4.79 Å². The molecular weight excluding hydrogens is 412 g/mol. The maximum absolute atomic E-state index is 12.2. The molecule has 1 atom stereocenters. The first kappa shape index (κ1) is 21.9. The van der Waals surface area contributed by atoms with Crippen LogP contribution in [0.4, 0.5) is 0 Å². The summed E-state index contributed by atoms with van der Waals surface area (Å²) < 4.78 is -0.506. The van der Waals surface area contributed by atoms with Gasteiger partial charge in [0.2, 0.25) is 0 Å². The molecule has 0 fully saturated rings. The van der Waals surface area contributed by atoms with Gasteiger partial charge in [-0.1, -0.05) is 121 Å². The van der Waals surface area contributed by atoms with E-state index in [9.17, 15) is 9.90 Å². The van der Waals surface area contributed by atoms with Gasteiger partial charge in [-0.2, -0.15) is 0 Å². The summed E-state index contributed by atoms with van der Waals surface area (Å²) in [7, 11) is 0. The zero-order valence-electron chi connectivity index (χ0n) is 17.8. The van der Waals surface area contributed by atoms with Gasteiger partial charge in [0.15, 0.2) is 0 Å². The molecule has 4 aromatic carbocycles. The minimum atomic E-state index is -0.760. The van der Waals surface area contributed by atoms with Crippen molar-refractivity contribution < 1.29 is 9.90 Å². The third-order valence-electron chi connectivity index (χ3n) is 5.72. The lowest BCUT2D eigenvalue weighted by Crippen LogP contribution is -2.29. The summed E-state index contributed by atoms with van der Waals surface area (Å²) in [6.07, 6.45) is 0.512. The Morgan fingerprint density at radius 3 is 1.41 bits per heavy atom. The van der Waals surface area contributed by atoms with Crippen LogP contribution < -0.4 is 0 Å². The molecule has 0 saturated carbocycles. The molecule has 0 aliphatic carbocycles. The topological polar surface area (TPSA) is 37.3 Å². The fraction of sp³-hybridized carbons (Fsp3) is 0.138. The fourth-order valence-electron chi connectivity index (χ4n) is 4.11.